The lowest BCUT2D eigenvalue weighted by atomic mass is 10.1. The third-order valence-corrected chi connectivity index (χ3v) is 3.72. The van der Waals surface area contributed by atoms with Gasteiger partial charge in [-0.15, -0.1) is 0 Å². The average Bonchev–Trinajstić information content (AvgIpc) is 2.49. The Morgan fingerprint density at radius 3 is 1.86 bits per heavy atom. The van der Waals surface area contributed by atoms with Crippen LogP contribution in [0.4, 0.5) is 11.4 Å². The van der Waals surface area contributed by atoms with Crippen LogP contribution in [-0.2, 0) is 6.54 Å². The summed E-state index contributed by atoms with van der Waals surface area (Å²) in [6.45, 7) is 4.24. The fourth-order valence-corrected chi connectivity index (χ4v) is 2.32. The smallest absolute Gasteiger partial charge is 0.0992 e. The van der Waals surface area contributed by atoms with Gasteiger partial charge in [-0.2, -0.15) is 5.26 Å². The van der Waals surface area contributed by atoms with Crippen LogP contribution in [0.25, 0.3) is 0 Å². The molecular weight excluding hydrogens is 319 g/mol. The Bertz CT molecular complexity index is 675. The number of nitrogen functional groups attached to an aromatic ring is 2. The van der Waals surface area contributed by atoms with Gasteiger partial charge in [0.05, 0.1) is 33.1 Å². The quantitative estimate of drug-likeness (QED) is 0.689. The van der Waals surface area contributed by atoms with Crippen LogP contribution in [0.5, 0.6) is 0 Å². The first-order valence-electron chi connectivity index (χ1n) is 6.50. The number of benzene rings is 2. The normalized spacial score (nSPS) is 9.64. The van der Waals surface area contributed by atoms with Crippen LogP contribution in [0.15, 0.2) is 24.3 Å². The Morgan fingerprint density at radius 2 is 1.45 bits per heavy atom. The lowest BCUT2D eigenvalue weighted by Crippen LogP contribution is -1.99. The molecule has 0 spiro atoms. The first kappa shape index (κ1) is 18.1. The largest absolute Gasteiger partial charge is 0.397 e. The molecule has 0 aromatic heterocycles. The SMILES string of the molecule is Cc1cc(C#N)cc(Cl)c1N.Cc1cc(CN)cc(Cl)c1N. The fourth-order valence-electron chi connectivity index (χ4n) is 1.76. The molecule has 0 bridgehead atoms. The van der Waals surface area contributed by atoms with Gasteiger partial charge in [-0.25, -0.2) is 0 Å². The molecule has 0 heterocycles. The minimum Gasteiger partial charge on any atom is -0.397 e. The summed E-state index contributed by atoms with van der Waals surface area (Å²) >= 11 is 11.5. The second kappa shape index (κ2) is 7.90. The molecule has 0 unspecified atom stereocenters. The van der Waals surface area contributed by atoms with Crippen LogP contribution in [0.3, 0.4) is 0 Å². The van der Waals surface area contributed by atoms with Crippen LogP contribution in [0, 0.1) is 25.2 Å². The molecule has 6 heteroatoms. The molecule has 22 heavy (non-hydrogen) atoms. The number of nitrogens with two attached hydrogens (primary N) is 3. The van der Waals surface area contributed by atoms with Crippen LogP contribution < -0.4 is 17.2 Å². The van der Waals surface area contributed by atoms with Crippen LogP contribution in [0.1, 0.15) is 22.3 Å². The van der Waals surface area contributed by atoms with Gasteiger partial charge in [0.15, 0.2) is 0 Å². The third-order valence-electron chi connectivity index (χ3n) is 3.10. The van der Waals surface area contributed by atoms with Crippen molar-refractivity contribution in [3.8, 4) is 6.07 Å². The van der Waals surface area contributed by atoms with Crippen molar-refractivity contribution < 1.29 is 0 Å². The van der Waals surface area contributed by atoms with Gasteiger partial charge in [-0.05, 0) is 48.7 Å². The minimum absolute atomic E-state index is 0.446. The Hall–Kier alpha value is -1.93. The lowest BCUT2D eigenvalue weighted by molar-refractivity contribution is 1.07. The number of nitriles is 1. The molecule has 2 rings (SSSR count). The van der Waals surface area contributed by atoms with E-state index in [2.05, 4.69) is 0 Å². The standard InChI is InChI=1S/C8H11ClN2.C8H7ClN2/c2*1-5-2-6(4-10)3-7(9)8(5)11/h2-3H,4,10-11H2,1H3;2-3H,11H2,1H3. The van der Waals surface area contributed by atoms with Gasteiger partial charge in [-0.3, -0.25) is 0 Å². The predicted octanol–water partition coefficient (Wildman–Crippen LogP) is 3.79. The molecule has 6 N–H and O–H groups in total. The maximum atomic E-state index is 8.53. The van der Waals surface area contributed by atoms with Gasteiger partial charge in [0.1, 0.15) is 0 Å². The summed E-state index contributed by atoms with van der Waals surface area (Å²) in [7, 11) is 0. The molecule has 0 aliphatic rings. The van der Waals surface area contributed by atoms with E-state index in [0.29, 0.717) is 33.5 Å². The van der Waals surface area contributed by atoms with E-state index in [9.17, 15) is 0 Å². The second-order valence-electron chi connectivity index (χ2n) is 4.81. The Balaban J connectivity index is 0.000000220. The topological polar surface area (TPSA) is 102 Å². The van der Waals surface area contributed by atoms with Crippen LogP contribution >= 0.6 is 23.2 Å². The van der Waals surface area contributed by atoms with Crippen molar-refractivity contribution in [1.29, 1.82) is 5.26 Å². The average molecular weight is 337 g/mol. The number of anilines is 2. The van der Waals surface area contributed by atoms with Gasteiger partial charge in [-0.1, -0.05) is 29.3 Å². The number of hydrogen-bond acceptors (Lipinski definition) is 4. The van der Waals surface area contributed by atoms with Crippen molar-refractivity contribution >= 4 is 34.6 Å². The Labute approximate surface area is 140 Å². The van der Waals surface area contributed by atoms with Crippen LogP contribution in [0.2, 0.25) is 10.0 Å². The molecule has 0 atom stereocenters. The number of nitrogens with zero attached hydrogens (tertiary/aromatic N) is 1. The minimum atomic E-state index is 0.446. The molecule has 4 nitrogen and oxygen atoms in total. The first-order valence-corrected chi connectivity index (χ1v) is 7.26. The van der Waals surface area contributed by atoms with Crippen molar-refractivity contribution in [1.82, 2.24) is 0 Å². The number of hydrogen-bond donors (Lipinski definition) is 3. The van der Waals surface area contributed by atoms with Gasteiger partial charge < -0.3 is 17.2 Å². The zero-order valence-corrected chi connectivity index (χ0v) is 14.0. The van der Waals surface area contributed by atoms with E-state index in [1.165, 1.54) is 0 Å². The molecule has 116 valence electrons. The summed E-state index contributed by atoms with van der Waals surface area (Å²) in [5, 5.41) is 9.56. The molecule has 0 saturated carbocycles. The molecule has 2 aromatic carbocycles. The lowest BCUT2D eigenvalue weighted by Gasteiger charge is -2.04. The molecule has 0 aliphatic carbocycles. The van der Waals surface area contributed by atoms with E-state index in [0.717, 1.165) is 16.7 Å². The van der Waals surface area contributed by atoms with Gasteiger partial charge in [0, 0.05) is 6.54 Å². The predicted molar refractivity (Wildman–Crippen MR) is 93.8 cm³/mol. The second-order valence-corrected chi connectivity index (χ2v) is 5.63. The molecule has 0 saturated heterocycles. The van der Waals surface area contributed by atoms with Crippen molar-refractivity contribution in [2.24, 2.45) is 5.73 Å². The van der Waals surface area contributed by atoms with E-state index < -0.39 is 0 Å². The summed E-state index contributed by atoms with van der Waals surface area (Å²) in [6, 6.07) is 9.01. The molecule has 0 fully saturated rings. The number of rotatable bonds is 1. The first-order chi connectivity index (χ1) is 10.3. The van der Waals surface area contributed by atoms with Gasteiger partial charge >= 0.3 is 0 Å². The highest BCUT2D eigenvalue weighted by Crippen LogP contribution is 2.24. The Morgan fingerprint density at radius 1 is 0.955 bits per heavy atom. The number of aryl methyl sites for hydroxylation is 2. The number of halogens is 2. The summed E-state index contributed by atoms with van der Waals surface area (Å²) in [6.07, 6.45) is 0. The maximum Gasteiger partial charge on any atom is 0.0992 e. The fraction of sp³-hybridized carbons (Fsp3) is 0.188. The maximum absolute atomic E-state index is 8.53. The zero-order valence-electron chi connectivity index (χ0n) is 12.5. The van der Waals surface area contributed by atoms with Gasteiger partial charge in [0.2, 0.25) is 0 Å². The highest BCUT2D eigenvalue weighted by molar-refractivity contribution is 6.33. The van der Waals surface area contributed by atoms with E-state index in [1.807, 2.05) is 26.0 Å². The summed E-state index contributed by atoms with van der Waals surface area (Å²) in [4.78, 5) is 0. The van der Waals surface area contributed by atoms with Crippen molar-refractivity contribution in [3.05, 3.63) is 56.6 Å². The third kappa shape index (κ3) is 4.54. The Kier molecular flexibility index (Phi) is 6.51. The molecule has 0 radical (unpaired) electrons. The molecule has 2 aromatic rings. The molecular formula is C16H18Cl2N4. The van der Waals surface area contributed by atoms with E-state index in [4.69, 9.17) is 45.7 Å². The van der Waals surface area contributed by atoms with Crippen molar-refractivity contribution in [2.75, 3.05) is 11.5 Å². The molecule has 0 aliphatic heterocycles. The van der Waals surface area contributed by atoms with E-state index in [1.54, 1.807) is 18.2 Å². The van der Waals surface area contributed by atoms with Crippen molar-refractivity contribution in [3.63, 3.8) is 0 Å². The van der Waals surface area contributed by atoms with E-state index >= 15 is 0 Å². The van der Waals surface area contributed by atoms with E-state index in [-0.39, 0.29) is 0 Å². The molecule has 0 amide bonds. The van der Waals surface area contributed by atoms with Gasteiger partial charge in [0.25, 0.3) is 0 Å². The monoisotopic (exact) mass is 336 g/mol. The van der Waals surface area contributed by atoms with Crippen LogP contribution in [-0.4, -0.2) is 0 Å². The summed E-state index contributed by atoms with van der Waals surface area (Å²) in [5.41, 5.74) is 21.2. The zero-order chi connectivity index (χ0) is 16.9. The summed E-state index contributed by atoms with van der Waals surface area (Å²) in [5.74, 6) is 0. The van der Waals surface area contributed by atoms with Crippen molar-refractivity contribution in [2.45, 2.75) is 20.4 Å². The summed E-state index contributed by atoms with van der Waals surface area (Å²) < 4.78 is 0. The highest BCUT2D eigenvalue weighted by Gasteiger charge is 2.02. The highest BCUT2D eigenvalue weighted by atomic mass is 35.5.